The zero-order valence-corrected chi connectivity index (χ0v) is 11.4. The van der Waals surface area contributed by atoms with Crippen molar-refractivity contribution in [2.45, 2.75) is 25.4 Å². The van der Waals surface area contributed by atoms with Crippen LogP contribution in [0.1, 0.15) is 13.3 Å². The van der Waals surface area contributed by atoms with Crippen molar-refractivity contribution in [1.29, 1.82) is 0 Å². The molecule has 1 fully saturated rings. The largest absolute Gasteiger partial charge is 0.494 e. The molecule has 5 heteroatoms. The maximum Gasteiger partial charge on any atom is 0.144 e. The van der Waals surface area contributed by atoms with Crippen LogP contribution in [0.2, 0.25) is 0 Å². The van der Waals surface area contributed by atoms with Crippen LogP contribution in [0.15, 0.2) is 18.2 Å². The normalized spacial score (nSPS) is 20.9. The van der Waals surface area contributed by atoms with Crippen molar-refractivity contribution in [3.63, 3.8) is 0 Å². The monoisotopic (exact) mass is 268 g/mol. The van der Waals surface area contributed by atoms with E-state index in [1.807, 2.05) is 0 Å². The predicted molar refractivity (Wildman–Crippen MR) is 73.3 cm³/mol. The van der Waals surface area contributed by atoms with Gasteiger partial charge in [-0.25, -0.2) is 4.39 Å². The minimum absolute atomic E-state index is 0.249. The Morgan fingerprint density at radius 1 is 1.58 bits per heavy atom. The average molecular weight is 268 g/mol. The molecule has 1 saturated heterocycles. The van der Waals surface area contributed by atoms with Crippen LogP contribution >= 0.6 is 0 Å². The summed E-state index contributed by atoms with van der Waals surface area (Å²) in [6, 6.07) is 5.13. The van der Waals surface area contributed by atoms with E-state index in [-0.39, 0.29) is 11.9 Å². The van der Waals surface area contributed by atoms with Gasteiger partial charge >= 0.3 is 0 Å². The van der Waals surface area contributed by atoms with Crippen molar-refractivity contribution >= 4 is 5.69 Å². The van der Waals surface area contributed by atoms with Crippen LogP contribution in [-0.4, -0.2) is 39.0 Å². The van der Waals surface area contributed by atoms with Gasteiger partial charge in [-0.1, -0.05) is 0 Å². The first kappa shape index (κ1) is 14.1. The molecule has 2 unspecified atom stereocenters. The van der Waals surface area contributed by atoms with Crippen LogP contribution in [0, 0.1) is 5.82 Å². The molecule has 0 saturated carbocycles. The highest BCUT2D eigenvalue weighted by atomic mass is 19.1. The van der Waals surface area contributed by atoms with Crippen LogP contribution in [0.4, 0.5) is 10.1 Å². The van der Waals surface area contributed by atoms with Gasteiger partial charge in [-0.3, -0.25) is 0 Å². The van der Waals surface area contributed by atoms with Crippen LogP contribution in [0.5, 0.6) is 5.75 Å². The number of ether oxygens (including phenoxy) is 2. The van der Waals surface area contributed by atoms with E-state index in [2.05, 4.69) is 17.6 Å². The van der Waals surface area contributed by atoms with E-state index in [1.165, 1.54) is 12.1 Å². The first-order valence-electron chi connectivity index (χ1n) is 6.60. The number of rotatable bonds is 5. The fourth-order valence-corrected chi connectivity index (χ4v) is 2.31. The summed E-state index contributed by atoms with van der Waals surface area (Å²) in [4.78, 5) is 0. The molecule has 0 aliphatic carbocycles. The molecule has 19 heavy (non-hydrogen) atoms. The minimum atomic E-state index is -0.294. The van der Waals surface area contributed by atoms with Gasteiger partial charge in [-0.05, 0) is 25.5 Å². The molecule has 1 heterocycles. The second-order valence-electron chi connectivity index (χ2n) is 4.85. The van der Waals surface area contributed by atoms with Crippen molar-refractivity contribution in [2.24, 2.45) is 0 Å². The lowest BCUT2D eigenvalue weighted by Gasteiger charge is -2.27. The Hall–Kier alpha value is -1.33. The topological polar surface area (TPSA) is 42.5 Å². The van der Waals surface area contributed by atoms with E-state index >= 15 is 0 Å². The molecule has 106 valence electrons. The number of hydrogen-bond donors (Lipinski definition) is 2. The molecule has 2 atom stereocenters. The van der Waals surface area contributed by atoms with Crippen molar-refractivity contribution in [3.8, 4) is 5.75 Å². The number of halogens is 1. The third-order valence-corrected chi connectivity index (χ3v) is 3.20. The molecule has 2 rings (SSSR count). The predicted octanol–water partition coefficient (Wildman–Crippen LogP) is 2.01. The first-order valence-corrected chi connectivity index (χ1v) is 6.60. The average Bonchev–Trinajstić information content (AvgIpc) is 2.42. The van der Waals surface area contributed by atoms with E-state index in [0.29, 0.717) is 11.8 Å². The van der Waals surface area contributed by atoms with Crippen molar-refractivity contribution in [3.05, 3.63) is 24.0 Å². The quantitative estimate of drug-likeness (QED) is 0.857. The van der Waals surface area contributed by atoms with E-state index in [4.69, 9.17) is 9.47 Å². The molecule has 0 spiro atoms. The summed E-state index contributed by atoms with van der Waals surface area (Å²) in [6.45, 7) is 4.52. The van der Waals surface area contributed by atoms with Gasteiger partial charge < -0.3 is 20.1 Å². The highest BCUT2D eigenvalue weighted by Gasteiger charge is 2.17. The summed E-state index contributed by atoms with van der Waals surface area (Å²) in [6.07, 6.45) is 0.945. The number of benzene rings is 1. The zero-order valence-electron chi connectivity index (χ0n) is 11.4. The third kappa shape index (κ3) is 4.08. The summed E-state index contributed by atoms with van der Waals surface area (Å²) in [5.74, 6) is 0.233. The van der Waals surface area contributed by atoms with E-state index < -0.39 is 0 Å². The molecule has 1 aliphatic rings. The van der Waals surface area contributed by atoms with Gasteiger partial charge in [0.2, 0.25) is 0 Å². The Kier molecular flexibility index (Phi) is 4.99. The van der Waals surface area contributed by atoms with E-state index in [9.17, 15) is 4.39 Å². The Balaban J connectivity index is 1.92. The first-order chi connectivity index (χ1) is 9.19. The summed E-state index contributed by atoms with van der Waals surface area (Å²) >= 11 is 0. The molecule has 0 aromatic heterocycles. The van der Waals surface area contributed by atoms with Gasteiger partial charge in [-0.2, -0.15) is 0 Å². The van der Waals surface area contributed by atoms with Crippen LogP contribution in [-0.2, 0) is 4.74 Å². The molecule has 4 nitrogen and oxygen atoms in total. The molecular weight excluding hydrogens is 247 g/mol. The van der Waals surface area contributed by atoms with Crippen molar-refractivity contribution < 1.29 is 13.9 Å². The van der Waals surface area contributed by atoms with Gasteiger partial charge in [0.15, 0.2) is 0 Å². The Bertz CT molecular complexity index is 408. The third-order valence-electron chi connectivity index (χ3n) is 3.20. The Morgan fingerprint density at radius 2 is 2.42 bits per heavy atom. The van der Waals surface area contributed by atoms with Gasteiger partial charge in [0.1, 0.15) is 11.6 Å². The number of methoxy groups -OCH3 is 1. The maximum absolute atomic E-state index is 13.1. The number of nitrogens with one attached hydrogen (secondary N) is 2. The lowest BCUT2D eigenvalue weighted by Crippen LogP contribution is -2.43. The van der Waals surface area contributed by atoms with Crippen LogP contribution in [0.3, 0.4) is 0 Å². The number of hydrogen-bond acceptors (Lipinski definition) is 4. The lowest BCUT2D eigenvalue weighted by atomic mass is 10.1. The van der Waals surface area contributed by atoms with Gasteiger partial charge in [-0.15, -0.1) is 0 Å². The van der Waals surface area contributed by atoms with Crippen molar-refractivity contribution in [1.82, 2.24) is 5.32 Å². The standard InChI is InChI=1S/C14H21FN2O2/c1-10(7-12-9-19-6-5-16-12)17-13-4-3-11(15)8-14(13)18-2/h3-4,8,10,12,16-17H,5-7,9H2,1-2H3. The van der Waals surface area contributed by atoms with Crippen LogP contribution in [0.25, 0.3) is 0 Å². The smallest absolute Gasteiger partial charge is 0.144 e. The SMILES string of the molecule is COc1cc(F)ccc1NC(C)CC1COCCN1. The Morgan fingerprint density at radius 3 is 3.11 bits per heavy atom. The molecule has 0 bridgehead atoms. The fraction of sp³-hybridized carbons (Fsp3) is 0.571. The van der Waals surface area contributed by atoms with E-state index in [0.717, 1.165) is 31.9 Å². The second-order valence-corrected chi connectivity index (χ2v) is 4.85. The molecule has 0 radical (unpaired) electrons. The summed E-state index contributed by atoms with van der Waals surface area (Å²) in [7, 11) is 1.54. The second kappa shape index (κ2) is 6.73. The van der Waals surface area contributed by atoms with Crippen LogP contribution < -0.4 is 15.4 Å². The van der Waals surface area contributed by atoms with Gasteiger partial charge in [0.05, 0.1) is 26.0 Å². The molecule has 1 aliphatic heterocycles. The summed E-state index contributed by atoms with van der Waals surface area (Å²) < 4.78 is 23.7. The molecule has 1 aromatic rings. The fourth-order valence-electron chi connectivity index (χ4n) is 2.31. The molecule has 2 N–H and O–H groups in total. The summed E-state index contributed by atoms with van der Waals surface area (Å²) in [5, 5.41) is 6.77. The minimum Gasteiger partial charge on any atom is -0.494 e. The number of anilines is 1. The zero-order chi connectivity index (χ0) is 13.7. The Labute approximate surface area is 113 Å². The van der Waals surface area contributed by atoms with Crippen molar-refractivity contribution in [2.75, 3.05) is 32.2 Å². The van der Waals surface area contributed by atoms with Gasteiger partial charge in [0, 0.05) is 24.7 Å². The van der Waals surface area contributed by atoms with Gasteiger partial charge in [0.25, 0.3) is 0 Å². The molecule has 0 amide bonds. The lowest BCUT2D eigenvalue weighted by molar-refractivity contribution is 0.0731. The maximum atomic E-state index is 13.1. The molecular formula is C14H21FN2O2. The highest BCUT2D eigenvalue weighted by Crippen LogP contribution is 2.26. The number of morpholine rings is 1. The summed E-state index contributed by atoms with van der Waals surface area (Å²) in [5.41, 5.74) is 0.813. The highest BCUT2D eigenvalue weighted by molar-refractivity contribution is 5.56. The molecule has 1 aromatic carbocycles. The van der Waals surface area contributed by atoms with E-state index in [1.54, 1.807) is 13.2 Å².